The molecule has 0 spiro atoms. The highest BCUT2D eigenvalue weighted by Crippen LogP contribution is 2.23. The van der Waals surface area contributed by atoms with E-state index in [0.29, 0.717) is 18.5 Å². The van der Waals surface area contributed by atoms with E-state index >= 15 is 0 Å². The number of carboxylic acid groups (broad SMARTS) is 1. The predicted molar refractivity (Wildman–Crippen MR) is 75.4 cm³/mol. The number of aliphatic carboxylic acids is 1. The summed E-state index contributed by atoms with van der Waals surface area (Å²) < 4.78 is 45.0. The lowest BCUT2D eigenvalue weighted by Gasteiger charge is -2.31. The van der Waals surface area contributed by atoms with E-state index in [1.54, 1.807) is 0 Å². The fourth-order valence-electron chi connectivity index (χ4n) is 2.29. The van der Waals surface area contributed by atoms with Crippen LogP contribution < -0.4 is 4.74 Å². The number of rotatable bonds is 5. The maximum atomic E-state index is 12.1. The number of nitrogens with zero attached hydrogens (tertiary/aromatic N) is 1. The molecular weight excluding hydrogens is 331 g/mol. The molecular formula is C15H16F3NO5. The average Bonchev–Trinajstić information content (AvgIpc) is 2.52. The van der Waals surface area contributed by atoms with Gasteiger partial charge < -0.3 is 19.5 Å². The summed E-state index contributed by atoms with van der Waals surface area (Å²) >= 11 is 0. The number of carboxylic acids is 1. The summed E-state index contributed by atoms with van der Waals surface area (Å²) in [5.41, 5.74) is 0.681. The van der Waals surface area contributed by atoms with E-state index in [1.165, 1.54) is 29.2 Å². The molecule has 2 rings (SSSR count). The summed E-state index contributed by atoms with van der Waals surface area (Å²) in [6, 6.07) is 5.27. The third-order valence-corrected chi connectivity index (χ3v) is 3.48. The molecule has 0 aliphatic carbocycles. The Morgan fingerprint density at radius 1 is 1.29 bits per heavy atom. The number of morpholine rings is 1. The molecule has 132 valence electrons. The standard InChI is InChI=1S/C15H16F3NO5/c16-15(17,18)24-11-4-1-10(2-5-11)3-6-13(20)19-7-8-23-12(9-19)14(21)22/h1-2,4-5,12H,3,6-9H2,(H,21,22)/t12-/m1/s1. The van der Waals surface area contributed by atoms with Gasteiger partial charge in [-0.05, 0) is 24.1 Å². The van der Waals surface area contributed by atoms with Crippen molar-refractivity contribution in [1.29, 1.82) is 0 Å². The molecule has 6 nitrogen and oxygen atoms in total. The first kappa shape index (κ1) is 18.1. The van der Waals surface area contributed by atoms with Crippen LogP contribution in [0.4, 0.5) is 13.2 Å². The largest absolute Gasteiger partial charge is 0.573 e. The number of halogens is 3. The topological polar surface area (TPSA) is 76.1 Å². The molecule has 1 heterocycles. The molecule has 1 amide bonds. The normalized spacial score (nSPS) is 18.3. The summed E-state index contributed by atoms with van der Waals surface area (Å²) in [5, 5.41) is 8.90. The molecule has 1 aliphatic rings. The van der Waals surface area contributed by atoms with Crippen molar-refractivity contribution in [3.05, 3.63) is 29.8 Å². The quantitative estimate of drug-likeness (QED) is 0.879. The summed E-state index contributed by atoms with van der Waals surface area (Å²) in [6.45, 7) is 0.472. The fraction of sp³-hybridized carbons (Fsp3) is 0.467. The number of aryl methyl sites for hydroxylation is 1. The molecule has 0 saturated carbocycles. The maximum absolute atomic E-state index is 12.1. The maximum Gasteiger partial charge on any atom is 0.573 e. The highest BCUT2D eigenvalue weighted by molar-refractivity contribution is 5.78. The van der Waals surface area contributed by atoms with Crippen molar-refractivity contribution in [3.8, 4) is 5.75 Å². The molecule has 0 aromatic heterocycles. The first-order valence-electron chi connectivity index (χ1n) is 7.21. The highest BCUT2D eigenvalue weighted by atomic mass is 19.4. The van der Waals surface area contributed by atoms with Crippen LogP contribution in [0.5, 0.6) is 5.75 Å². The van der Waals surface area contributed by atoms with Gasteiger partial charge in [0.25, 0.3) is 0 Å². The highest BCUT2D eigenvalue weighted by Gasteiger charge is 2.31. The minimum atomic E-state index is -4.74. The van der Waals surface area contributed by atoms with Gasteiger partial charge in [-0.1, -0.05) is 12.1 Å². The number of ether oxygens (including phenoxy) is 2. The molecule has 0 radical (unpaired) electrons. The summed E-state index contributed by atoms with van der Waals surface area (Å²) in [5.74, 6) is -1.66. The number of hydrogen-bond donors (Lipinski definition) is 1. The van der Waals surface area contributed by atoms with Gasteiger partial charge in [0, 0.05) is 13.0 Å². The third kappa shape index (κ3) is 5.41. The number of amides is 1. The van der Waals surface area contributed by atoms with Crippen LogP contribution in [0.25, 0.3) is 0 Å². The van der Waals surface area contributed by atoms with Crippen LogP contribution in [-0.2, 0) is 20.7 Å². The number of alkyl halides is 3. The second kappa shape index (κ2) is 7.52. The fourth-order valence-corrected chi connectivity index (χ4v) is 2.29. The van der Waals surface area contributed by atoms with Gasteiger partial charge in [0.05, 0.1) is 13.2 Å². The molecule has 1 saturated heterocycles. The lowest BCUT2D eigenvalue weighted by molar-refractivity contribution is -0.274. The van der Waals surface area contributed by atoms with Crippen molar-refractivity contribution in [2.45, 2.75) is 25.3 Å². The molecule has 1 aromatic rings. The van der Waals surface area contributed by atoms with Crippen molar-refractivity contribution in [3.63, 3.8) is 0 Å². The van der Waals surface area contributed by atoms with Crippen molar-refractivity contribution < 1.29 is 37.3 Å². The molecule has 0 unspecified atom stereocenters. The molecule has 1 aromatic carbocycles. The SMILES string of the molecule is O=C(O)[C@H]1CN(C(=O)CCc2ccc(OC(F)(F)F)cc2)CCO1. The van der Waals surface area contributed by atoms with Crippen LogP contribution in [0.2, 0.25) is 0 Å². The van der Waals surface area contributed by atoms with Gasteiger partial charge in [-0.15, -0.1) is 13.2 Å². The van der Waals surface area contributed by atoms with E-state index in [0.717, 1.165) is 0 Å². The molecule has 9 heteroatoms. The Bertz CT molecular complexity index is 588. The van der Waals surface area contributed by atoms with E-state index in [1.807, 2.05) is 0 Å². The van der Waals surface area contributed by atoms with Crippen LogP contribution in [0, 0.1) is 0 Å². The zero-order chi connectivity index (χ0) is 17.7. The van der Waals surface area contributed by atoms with Crippen LogP contribution in [-0.4, -0.2) is 54.0 Å². The van der Waals surface area contributed by atoms with Gasteiger partial charge in [0.2, 0.25) is 5.91 Å². The summed E-state index contributed by atoms with van der Waals surface area (Å²) in [7, 11) is 0. The second-order valence-corrected chi connectivity index (χ2v) is 5.23. The predicted octanol–water partition coefficient (Wildman–Crippen LogP) is 1.83. The number of hydrogen-bond acceptors (Lipinski definition) is 4. The molecule has 1 aliphatic heterocycles. The third-order valence-electron chi connectivity index (χ3n) is 3.48. The van der Waals surface area contributed by atoms with Gasteiger partial charge in [0.15, 0.2) is 6.10 Å². The Kier molecular flexibility index (Phi) is 5.66. The molecule has 0 bridgehead atoms. The number of carbonyl (C=O) groups excluding carboxylic acids is 1. The van der Waals surface area contributed by atoms with Gasteiger partial charge in [0.1, 0.15) is 5.75 Å². The van der Waals surface area contributed by atoms with E-state index in [9.17, 15) is 22.8 Å². The first-order chi connectivity index (χ1) is 11.2. The van der Waals surface area contributed by atoms with Crippen molar-refractivity contribution >= 4 is 11.9 Å². The number of benzene rings is 1. The van der Waals surface area contributed by atoms with E-state index in [4.69, 9.17) is 9.84 Å². The Labute approximate surface area is 135 Å². The van der Waals surface area contributed by atoms with Crippen molar-refractivity contribution in [2.24, 2.45) is 0 Å². The first-order valence-corrected chi connectivity index (χ1v) is 7.21. The monoisotopic (exact) mass is 347 g/mol. The zero-order valence-corrected chi connectivity index (χ0v) is 12.6. The summed E-state index contributed by atoms with van der Waals surface area (Å²) in [4.78, 5) is 24.4. The Morgan fingerprint density at radius 3 is 2.54 bits per heavy atom. The van der Waals surface area contributed by atoms with Gasteiger partial charge >= 0.3 is 12.3 Å². The van der Waals surface area contributed by atoms with E-state index < -0.39 is 18.4 Å². The lowest BCUT2D eigenvalue weighted by atomic mass is 10.1. The minimum absolute atomic E-state index is 0.00741. The Hall–Kier alpha value is -2.29. The van der Waals surface area contributed by atoms with Crippen LogP contribution in [0.1, 0.15) is 12.0 Å². The average molecular weight is 347 g/mol. The molecule has 1 N–H and O–H groups in total. The zero-order valence-electron chi connectivity index (χ0n) is 12.6. The Balaban J connectivity index is 1.84. The van der Waals surface area contributed by atoms with Crippen LogP contribution >= 0.6 is 0 Å². The van der Waals surface area contributed by atoms with Gasteiger partial charge in [-0.3, -0.25) is 4.79 Å². The number of carbonyl (C=O) groups is 2. The van der Waals surface area contributed by atoms with Gasteiger partial charge in [-0.2, -0.15) is 0 Å². The van der Waals surface area contributed by atoms with Crippen LogP contribution in [0.15, 0.2) is 24.3 Å². The second-order valence-electron chi connectivity index (χ2n) is 5.23. The summed E-state index contributed by atoms with van der Waals surface area (Å²) in [6.07, 6.45) is -5.30. The smallest absolute Gasteiger partial charge is 0.479 e. The molecule has 24 heavy (non-hydrogen) atoms. The minimum Gasteiger partial charge on any atom is -0.479 e. The van der Waals surface area contributed by atoms with E-state index in [-0.39, 0.29) is 31.2 Å². The van der Waals surface area contributed by atoms with Crippen molar-refractivity contribution in [2.75, 3.05) is 19.7 Å². The van der Waals surface area contributed by atoms with Crippen LogP contribution in [0.3, 0.4) is 0 Å². The van der Waals surface area contributed by atoms with Crippen molar-refractivity contribution in [1.82, 2.24) is 4.90 Å². The molecule has 1 fully saturated rings. The Morgan fingerprint density at radius 2 is 1.96 bits per heavy atom. The van der Waals surface area contributed by atoms with E-state index in [2.05, 4.69) is 4.74 Å². The van der Waals surface area contributed by atoms with Gasteiger partial charge in [-0.25, -0.2) is 4.79 Å². The molecule has 1 atom stereocenters. The lowest BCUT2D eigenvalue weighted by Crippen LogP contribution is -2.48.